The largest absolute Gasteiger partial charge is 0.475 e. The lowest BCUT2D eigenvalue weighted by Crippen LogP contribution is -2.24. The van der Waals surface area contributed by atoms with E-state index in [4.69, 9.17) is 14.3 Å². The molecule has 1 aliphatic rings. The van der Waals surface area contributed by atoms with E-state index in [2.05, 4.69) is 11.9 Å². The number of aromatic carboxylic acids is 1. The van der Waals surface area contributed by atoms with Crippen molar-refractivity contribution in [1.82, 2.24) is 4.90 Å². The van der Waals surface area contributed by atoms with Gasteiger partial charge in [-0.2, -0.15) is 0 Å². The Hall–Kier alpha value is -1.85. The summed E-state index contributed by atoms with van der Waals surface area (Å²) in [6.07, 6.45) is 3.55. The lowest BCUT2D eigenvalue weighted by molar-refractivity contribution is 0.0608. The van der Waals surface area contributed by atoms with Gasteiger partial charge in [-0.1, -0.05) is 6.07 Å². The van der Waals surface area contributed by atoms with E-state index >= 15 is 0 Å². The normalized spacial score (nSPS) is 16.3. The summed E-state index contributed by atoms with van der Waals surface area (Å²) in [5.41, 5.74) is 1.79. The molecular weight excluding hydrogens is 294 g/mol. The van der Waals surface area contributed by atoms with Gasteiger partial charge < -0.3 is 19.2 Å². The molecule has 1 aromatic heterocycles. The molecule has 5 heteroatoms. The third kappa shape index (κ3) is 4.12. The highest BCUT2D eigenvalue weighted by molar-refractivity contribution is 5.91. The van der Waals surface area contributed by atoms with Crippen molar-refractivity contribution in [3.63, 3.8) is 0 Å². The van der Waals surface area contributed by atoms with Crippen LogP contribution >= 0.6 is 0 Å². The van der Waals surface area contributed by atoms with Gasteiger partial charge in [0.2, 0.25) is 5.76 Å². The van der Waals surface area contributed by atoms with Gasteiger partial charge in [-0.3, -0.25) is 0 Å². The molecule has 0 bridgehead atoms. The molecule has 0 saturated carbocycles. The number of hydrogen-bond donors (Lipinski definition) is 1. The summed E-state index contributed by atoms with van der Waals surface area (Å²) in [4.78, 5) is 13.3. The Balaban J connectivity index is 1.58. The van der Waals surface area contributed by atoms with Crippen LogP contribution in [0.4, 0.5) is 0 Å². The topological polar surface area (TPSA) is 62.9 Å². The number of nitrogens with zero attached hydrogens (tertiary/aromatic N) is 1. The van der Waals surface area contributed by atoms with Crippen LogP contribution in [0.2, 0.25) is 0 Å². The molecule has 124 valence electrons. The molecule has 0 amide bonds. The first-order valence-corrected chi connectivity index (χ1v) is 8.14. The molecule has 0 unspecified atom stereocenters. The molecule has 1 saturated heterocycles. The zero-order valence-electron chi connectivity index (χ0n) is 13.5. The first-order valence-electron chi connectivity index (χ1n) is 8.14. The Morgan fingerprint density at radius 3 is 2.83 bits per heavy atom. The summed E-state index contributed by atoms with van der Waals surface area (Å²) in [5, 5.41) is 9.83. The fraction of sp³-hybridized carbons (Fsp3) is 0.500. The maximum atomic E-state index is 11.0. The van der Waals surface area contributed by atoms with E-state index in [0.717, 1.165) is 37.6 Å². The molecule has 0 aliphatic carbocycles. The first kappa shape index (κ1) is 16.0. The predicted molar refractivity (Wildman–Crippen MR) is 87.7 cm³/mol. The van der Waals surface area contributed by atoms with Crippen LogP contribution in [0.5, 0.6) is 0 Å². The van der Waals surface area contributed by atoms with Gasteiger partial charge in [-0.15, -0.1) is 0 Å². The summed E-state index contributed by atoms with van der Waals surface area (Å²) in [7, 11) is 2.13. The van der Waals surface area contributed by atoms with E-state index in [-0.39, 0.29) is 5.76 Å². The quantitative estimate of drug-likeness (QED) is 0.885. The van der Waals surface area contributed by atoms with Gasteiger partial charge >= 0.3 is 5.97 Å². The molecule has 1 aliphatic heterocycles. The summed E-state index contributed by atoms with van der Waals surface area (Å²) < 4.78 is 10.7. The van der Waals surface area contributed by atoms with Crippen molar-refractivity contribution in [3.8, 4) is 0 Å². The monoisotopic (exact) mass is 317 g/mol. The summed E-state index contributed by atoms with van der Waals surface area (Å²) >= 11 is 0. The third-order valence-corrected chi connectivity index (χ3v) is 4.50. The van der Waals surface area contributed by atoms with Crippen molar-refractivity contribution in [3.05, 3.63) is 35.6 Å². The average Bonchev–Trinajstić information content (AvgIpc) is 2.97. The molecule has 1 aromatic carbocycles. The van der Waals surface area contributed by atoms with Crippen LogP contribution in [0.15, 0.2) is 28.7 Å². The lowest BCUT2D eigenvalue weighted by Gasteiger charge is -2.24. The zero-order chi connectivity index (χ0) is 16.2. The van der Waals surface area contributed by atoms with E-state index in [9.17, 15) is 4.79 Å². The number of furan rings is 1. The highest BCUT2D eigenvalue weighted by Gasteiger charge is 2.15. The fourth-order valence-corrected chi connectivity index (χ4v) is 3.13. The summed E-state index contributed by atoms with van der Waals surface area (Å²) in [5.74, 6) is -0.262. The summed E-state index contributed by atoms with van der Waals surface area (Å²) in [6, 6.07) is 7.45. The molecule has 0 atom stereocenters. The minimum Gasteiger partial charge on any atom is -0.475 e. The van der Waals surface area contributed by atoms with Gasteiger partial charge in [0.15, 0.2) is 0 Å². The molecule has 2 heterocycles. The summed E-state index contributed by atoms with van der Waals surface area (Å²) in [6.45, 7) is 3.72. The molecule has 1 N–H and O–H groups in total. The first-order chi connectivity index (χ1) is 11.1. The number of fused-ring (bicyclic) bond motifs is 1. The van der Waals surface area contributed by atoms with Crippen LogP contribution in [0.25, 0.3) is 11.0 Å². The van der Waals surface area contributed by atoms with Crippen molar-refractivity contribution in [2.45, 2.75) is 25.8 Å². The van der Waals surface area contributed by atoms with E-state index in [1.165, 1.54) is 24.8 Å². The van der Waals surface area contributed by atoms with Crippen molar-refractivity contribution in [1.29, 1.82) is 0 Å². The second-order valence-electron chi connectivity index (χ2n) is 6.37. The molecule has 3 rings (SSSR count). The van der Waals surface area contributed by atoms with Gasteiger partial charge in [-0.25, -0.2) is 4.79 Å². The van der Waals surface area contributed by atoms with E-state index in [1.807, 2.05) is 18.2 Å². The second-order valence-corrected chi connectivity index (χ2v) is 6.37. The van der Waals surface area contributed by atoms with Crippen molar-refractivity contribution in [2.75, 3.05) is 26.8 Å². The van der Waals surface area contributed by atoms with Crippen molar-refractivity contribution >= 4 is 16.9 Å². The Bertz CT molecular complexity index is 673. The SMILES string of the molecule is CN(CCC1CCOCC1)Cc1ccc2oc(C(=O)O)cc2c1. The molecule has 5 nitrogen and oxygen atoms in total. The van der Waals surface area contributed by atoms with E-state index in [0.29, 0.717) is 5.58 Å². The van der Waals surface area contributed by atoms with Crippen LogP contribution < -0.4 is 0 Å². The maximum Gasteiger partial charge on any atom is 0.371 e. The minimum absolute atomic E-state index is 0.00924. The van der Waals surface area contributed by atoms with Gasteiger partial charge in [0.1, 0.15) is 5.58 Å². The molecule has 23 heavy (non-hydrogen) atoms. The Kier molecular flexibility index (Phi) is 4.98. The van der Waals surface area contributed by atoms with Crippen molar-refractivity contribution < 1.29 is 19.1 Å². The minimum atomic E-state index is -1.03. The maximum absolute atomic E-state index is 11.0. The third-order valence-electron chi connectivity index (χ3n) is 4.50. The van der Waals surface area contributed by atoms with Crippen LogP contribution in [-0.4, -0.2) is 42.8 Å². The van der Waals surface area contributed by atoms with Gasteiger partial charge in [0, 0.05) is 25.1 Å². The standard InChI is InChI=1S/C18H23NO4/c1-19(7-4-13-5-8-22-9-6-13)12-14-2-3-16-15(10-14)11-17(23-16)18(20)21/h2-3,10-11,13H,4-9,12H2,1H3,(H,20,21). The number of hydrogen-bond acceptors (Lipinski definition) is 4. The Morgan fingerprint density at radius 2 is 2.09 bits per heavy atom. The number of benzene rings is 1. The number of carbonyl (C=O) groups is 1. The molecular formula is C18H23NO4. The van der Waals surface area contributed by atoms with Crippen LogP contribution in [0.3, 0.4) is 0 Å². The van der Waals surface area contributed by atoms with Crippen LogP contribution in [0.1, 0.15) is 35.4 Å². The average molecular weight is 317 g/mol. The highest BCUT2D eigenvalue weighted by Crippen LogP contribution is 2.22. The second kappa shape index (κ2) is 7.15. The number of rotatable bonds is 6. The predicted octanol–water partition coefficient (Wildman–Crippen LogP) is 3.38. The lowest BCUT2D eigenvalue weighted by atomic mass is 9.96. The Morgan fingerprint density at radius 1 is 1.30 bits per heavy atom. The highest BCUT2D eigenvalue weighted by atomic mass is 16.5. The molecule has 0 radical (unpaired) electrons. The number of carboxylic acid groups (broad SMARTS) is 1. The van der Waals surface area contributed by atoms with E-state index < -0.39 is 5.97 Å². The molecule has 0 spiro atoms. The van der Waals surface area contributed by atoms with Crippen LogP contribution in [0, 0.1) is 5.92 Å². The van der Waals surface area contributed by atoms with Crippen molar-refractivity contribution in [2.24, 2.45) is 5.92 Å². The fourth-order valence-electron chi connectivity index (χ4n) is 3.13. The molecule has 1 fully saturated rings. The zero-order valence-corrected chi connectivity index (χ0v) is 13.5. The van der Waals surface area contributed by atoms with Gasteiger partial charge in [0.25, 0.3) is 0 Å². The number of ether oxygens (including phenoxy) is 1. The van der Waals surface area contributed by atoms with E-state index in [1.54, 1.807) is 6.07 Å². The molecule has 2 aromatic rings. The Labute approximate surface area is 135 Å². The smallest absolute Gasteiger partial charge is 0.371 e. The van der Waals surface area contributed by atoms with Gasteiger partial charge in [0.05, 0.1) is 0 Å². The number of carboxylic acids is 1. The van der Waals surface area contributed by atoms with Crippen LogP contribution in [-0.2, 0) is 11.3 Å². The van der Waals surface area contributed by atoms with Gasteiger partial charge in [-0.05, 0) is 62.5 Å².